The summed E-state index contributed by atoms with van der Waals surface area (Å²) in [4.78, 5) is 2.40. The monoisotopic (exact) mass is 269 g/mol. The second-order valence-electron chi connectivity index (χ2n) is 5.41. The van der Waals surface area contributed by atoms with Crippen molar-refractivity contribution in [3.63, 3.8) is 0 Å². The Morgan fingerprint density at radius 1 is 1.42 bits per heavy atom. The zero-order valence-electron chi connectivity index (χ0n) is 13.3. The summed E-state index contributed by atoms with van der Waals surface area (Å²) in [5.74, 6) is 0. The Labute approximate surface area is 119 Å². The highest BCUT2D eigenvalue weighted by Gasteiger charge is 2.22. The maximum absolute atomic E-state index is 9.28. The number of nitrogens with zero attached hydrogens (tertiary/aromatic N) is 2. The van der Waals surface area contributed by atoms with Crippen molar-refractivity contribution < 1.29 is 4.74 Å². The minimum atomic E-state index is -0.389. The lowest BCUT2D eigenvalue weighted by Gasteiger charge is -2.29. The number of rotatable bonds is 11. The molecule has 0 aromatic heterocycles. The molecule has 0 saturated heterocycles. The molecule has 2 unspecified atom stereocenters. The molecule has 0 spiro atoms. The predicted molar refractivity (Wildman–Crippen MR) is 80.1 cm³/mol. The highest BCUT2D eigenvalue weighted by Crippen LogP contribution is 2.13. The summed E-state index contributed by atoms with van der Waals surface area (Å²) in [6, 6.07) is 2.84. The van der Waals surface area contributed by atoms with E-state index in [1.54, 1.807) is 7.11 Å². The number of hydrogen-bond donors (Lipinski definition) is 1. The third-order valence-corrected chi connectivity index (χ3v) is 3.57. The van der Waals surface area contributed by atoms with Gasteiger partial charge < -0.3 is 4.74 Å². The minimum absolute atomic E-state index is 0.389. The zero-order chi connectivity index (χ0) is 14.7. The van der Waals surface area contributed by atoms with E-state index in [0.717, 1.165) is 45.5 Å². The molecule has 0 aliphatic carbocycles. The van der Waals surface area contributed by atoms with Crippen LogP contribution in [0.4, 0.5) is 0 Å². The molecule has 112 valence electrons. The largest absolute Gasteiger partial charge is 0.383 e. The lowest BCUT2D eigenvalue weighted by molar-refractivity contribution is 0.100. The maximum Gasteiger partial charge on any atom is 0.103 e. The van der Waals surface area contributed by atoms with Crippen LogP contribution in [-0.2, 0) is 4.74 Å². The molecule has 0 aromatic carbocycles. The van der Waals surface area contributed by atoms with Crippen LogP contribution in [0.25, 0.3) is 0 Å². The molecule has 0 amide bonds. The SMILES string of the molecule is CCCNC(C)(C#N)CCCN(CC)C(C)COC. The molecule has 1 N–H and O–H groups in total. The van der Waals surface area contributed by atoms with Crippen LogP contribution in [0.1, 0.15) is 47.0 Å². The van der Waals surface area contributed by atoms with Crippen molar-refractivity contribution in [3.05, 3.63) is 0 Å². The second kappa shape index (κ2) is 10.2. The molecule has 4 nitrogen and oxygen atoms in total. The molecule has 0 radical (unpaired) electrons. The van der Waals surface area contributed by atoms with Crippen molar-refractivity contribution in [2.45, 2.75) is 58.5 Å². The van der Waals surface area contributed by atoms with E-state index in [1.807, 2.05) is 6.92 Å². The van der Waals surface area contributed by atoms with Crippen molar-refractivity contribution in [1.82, 2.24) is 10.2 Å². The van der Waals surface area contributed by atoms with Gasteiger partial charge in [-0.15, -0.1) is 0 Å². The topological polar surface area (TPSA) is 48.3 Å². The summed E-state index contributed by atoms with van der Waals surface area (Å²) in [6.45, 7) is 12.2. The minimum Gasteiger partial charge on any atom is -0.383 e. The molecular weight excluding hydrogens is 238 g/mol. The van der Waals surface area contributed by atoms with E-state index in [1.165, 1.54) is 0 Å². The van der Waals surface area contributed by atoms with E-state index >= 15 is 0 Å². The fourth-order valence-corrected chi connectivity index (χ4v) is 2.26. The molecule has 0 fully saturated rings. The second-order valence-corrected chi connectivity index (χ2v) is 5.41. The van der Waals surface area contributed by atoms with Gasteiger partial charge in [-0.25, -0.2) is 0 Å². The zero-order valence-corrected chi connectivity index (χ0v) is 13.3. The Morgan fingerprint density at radius 3 is 2.58 bits per heavy atom. The van der Waals surface area contributed by atoms with Gasteiger partial charge in [-0.3, -0.25) is 10.2 Å². The van der Waals surface area contributed by atoms with E-state index in [0.29, 0.717) is 6.04 Å². The van der Waals surface area contributed by atoms with Crippen LogP contribution in [0.5, 0.6) is 0 Å². The molecule has 0 heterocycles. The van der Waals surface area contributed by atoms with Gasteiger partial charge in [0.25, 0.3) is 0 Å². The van der Waals surface area contributed by atoms with Crippen molar-refractivity contribution in [3.8, 4) is 6.07 Å². The Morgan fingerprint density at radius 2 is 2.11 bits per heavy atom. The van der Waals surface area contributed by atoms with Crippen molar-refractivity contribution in [2.24, 2.45) is 0 Å². The Hall–Kier alpha value is -0.630. The van der Waals surface area contributed by atoms with Crippen LogP contribution in [0.2, 0.25) is 0 Å². The van der Waals surface area contributed by atoms with Gasteiger partial charge in [0.15, 0.2) is 0 Å². The molecule has 0 aromatic rings. The molecule has 4 heteroatoms. The molecule has 0 bridgehead atoms. The van der Waals surface area contributed by atoms with Gasteiger partial charge in [-0.05, 0) is 52.7 Å². The van der Waals surface area contributed by atoms with Crippen LogP contribution in [-0.4, -0.2) is 49.8 Å². The highest BCUT2D eigenvalue weighted by atomic mass is 16.5. The van der Waals surface area contributed by atoms with Crippen molar-refractivity contribution in [2.75, 3.05) is 33.4 Å². The van der Waals surface area contributed by atoms with E-state index in [4.69, 9.17) is 4.74 Å². The fourth-order valence-electron chi connectivity index (χ4n) is 2.26. The molecule has 0 aliphatic rings. The van der Waals surface area contributed by atoms with Gasteiger partial charge >= 0.3 is 0 Å². The number of methoxy groups -OCH3 is 1. The van der Waals surface area contributed by atoms with E-state index < -0.39 is 0 Å². The average molecular weight is 269 g/mol. The van der Waals surface area contributed by atoms with Gasteiger partial charge in [-0.1, -0.05) is 13.8 Å². The molecule has 0 saturated carbocycles. The smallest absolute Gasteiger partial charge is 0.103 e. The highest BCUT2D eigenvalue weighted by molar-refractivity contribution is 5.03. The molecule has 2 atom stereocenters. The Balaban J connectivity index is 4.13. The van der Waals surface area contributed by atoms with Crippen LogP contribution >= 0.6 is 0 Å². The van der Waals surface area contributed by atoms with Crippen molar-refractivity contribution >= 4 is 0 Å². The first-order chi connectivity index (χ1) is 9.02. The fraction of sp³-hybridized carbons (Fsp3) is 0.933. The number of hydrogen-bond acceptors (Lipinski definition) is 4. The predicted octanol–water partition coefficient (Wildman–Crippen LogP) is 2.41. The van der Waals surface area contributed by atoms with Crippen LogP contribution < -0.4 is 5.32 Å². The van der Waals surface area contributed by atoms with Gasteiger partial charge in [0.1, 0.15) is 5.54 Å². The van der Waals surface area contributed by atoms with Crippen LogP contribution in [0.15, 0.2) is 0 Å². The van der Waals surface area contributed by atoms with Crippen LogP contribution in [0.3, 0.4) is 0 Å². The molecule has 0 aliphatic heterocycles. The normalized spacial score (nSPS) is 16.1. The summed E-state index contributed by atoms with van der Waals surface area (Å²) in [7, 11) is 1.74. The third kappa shape index (κ3) is 7.51. The Kier molecular flexibility index (Phi) is 9.85. The van der Waals surface area contributed by atoms with Gasteiger partial charge in [0, 0.05) is 13.2 Å². The van der Waals surface area contributed by atoms with Gasteiger partial charge in [0.05, 0.1) is 12.7 Å². The lowest BCUT2D eigenvalue weighted by Crippen LogP contribution is -2.43. The summed E-state index contributed by atoms with van der Waals surface area (Å²) in [5, 5.41) is 12.6. The van der Waals surface area contributed by atoms with E-state index in [-0.39, 0.29) is 5.54 Å². The number of nitrogens with one attached hydrogen (secondary N) is 1. The summed E-state index contributed by atoms with van der Waals surface area (Å²) in [5.41, 5.74) is -0.389. The number of nitriles is 1. The standard InChI is InChI=1S/C15H31N3O/c1-6-10-17-15(4,13-16)9-8-11-18(7-2)14(3)12-19-5/h14,17H,6-12H2,1-5H3. The van der Waals surface area contributed by atoms with Gasteiger partial charge in [-0.2, -0.15) is 5.26 Å². The Bertz CT molecular complexity index is 265. The average Bonchev–Trinajstić information content (AvgIpc) is 2.41. The van der Waals surface area contributed by atoms with E-state index in [2.05, 4.69) is 37.1 Å². The van der Waals surface area contributed by atoms with E-state index in [9.17, 15) is 5.26 Å². The van der Waals surface area contributed by atoms with Gasteiger partial charge in [0.2, 0.25) is 0 Å². The molecular formula is C15H31N3O. The first kappa shape index (κ1) is 18.4. The first-order valence-corrected chi connectivity index (χ1v) is 7.42. The quantitative estimate of drug-likeness (QED) is 0.626. The van der Waals surface area contributed by atoms with Crippen molar-refractivity contribution in [1.29, 1.82) is 5.26 Å². The number of likely N-dealkylation sites (N-methyl/N-ethyl adjacent to an activating group) is 1. The lowest BCUT2D eigenvalue weighted by atomic mass is 9.97. The maximum atomic E-state index is 9.28. The summed E-state index contributed by atoms with van der Waals surface area (Å²) >= 11 is 0. The first-order valence-electron chi connectivity index (χ1n) is 7.42. The molecule has 0 rings (SSSR count). The summed E-state index contributed by atoms with van der Waals surface area (Å²) in [6.07, 6.45) is 2.98. The number of ether oxygens (including phenoxy) is 1. The van der Waals surface area contributed by atoms with Crippen LogP contribution in [0, 0.1) is 11.3 Å². The third-order valence-electron chi connectivity index (χ3n) is 3.57. The summed E-state index contributed by atoms with van der Waals surface area (Å²) < 4.78 is 5.20. The molecule has 19 heavy (non-hydrogen) atoms.